The molecule has 0 saturated carbocycles. The van der Waals surface area contributed by atoms with Crippen LogP contribution in [0.1, 0.15) is 42.0 Å². The van der Waals surface area contributed by atoms with Crippen LogP contribution in [0.25, 0.3) is 33.4 Å². The lowest BCUT2D eigenvalue weighted by Crippen LogP contribution is -2.29. The lowest BCUT2D eigenvalue weighted by molar-refractivity contribution is -0.139. The van der Waals surface area contributed by atoms with Gasteiger partial charge in [-0.3, -0.25) is 19.4 Å². The molecule has 46 heavy (non-hydrogen) atoms. The zero-order valence-electron chi connectivity index (χ0n) is 25.5. The number of halogens is 2. The first-order chi connectivity index (χ1) is 22.0. The summed E-state index contributed by atoms with van der Waals surface area (Å²) >= 11 is 14.2. The summed E-state index contributed by atoms with van der Waals surface area (Å²) in [7, 11) is 0. The Morgan fingerprint density at radius 2 is 1.07 bits per heavy atom. The number of carbonyl (C=O) groups excluding carboxylic acids is 1. The number of aliphatic hydroxyl groups is 2. The summed E-state index contributed by atoms with van der Waals surface area (Å²) in [5.41, 5.74) is 10.1. The van der Waals surface area contributed by atoms with Crippen LogP contribution < -0.4 is 0 Å². The molecule has 9 heteroatoms. The Morgan fingerprint density at radius 1 is 0.652 bits per heavy atom. The summed E-state index contributed by atoms with van der Waals surface area (Å²) < 4.78 is 0. The van der Waals surface area contributed by atoms with Crippen LogP contribution in [0.5, 0.6) is 0 Å². The maximum Gasteiger partial charge on any atom is 0.306 e. The van der Waals surface area contributed by atoms with Gasteiger partial charge in [0.1, 0.15) is 5.78 Å². The van der Waals surface area contributed by atoms with Crippen molar-refractivity contribution in [2.75, 3.05) is 13.1 Å². The number of aliphatic hydroxyl groups excluding tert-OH is 2. The Hall–Kier alpha value is -3.56. The number of rotatable bonds is 11. The van der Waals surface area contributed by atoms with Crippen molar-refractivity contribution in [3.05, 3.63) is 105 Å². The molecule has 0 bridgehead atoms. The minimum atomic E-state index is -1.01. The van der Waals surface area contributed by atoms with E-state index in [2.05, 4.69) is 40.1 Å². The molecule has 3 N–H and O–H groups in total. The van der Waals surface area contributed by atoms with Crippen LogP contribution in [0.4, 0.5) is 0 Å². The molecule has 4 aromatic carbocycles. The van der Waals surface area contributed by atoms with Gasteiger partial charge in [-0.15, -0.1) is 0 Å². The van der Waals surface area contributed by atoms with Crippen molar-refractivity contribution in [2.24, 2.45) is 0 Å². The maximum absolute atomic E-state index is 11.4. The molecule has 0 unspecified atom stereocenters. The Labute approximate surface area is 278 Å². The number of fused-ring (bicyclic) bond motifs is 2. The number of nitrogens with zero attached hydrogens (tertiary/aromatic N) is 2. The van der Waals surface area contributed by atoms with Crippen molar-refractivity contribution < 1.29 is 24.9 Å². The number of carbonyl (C=O) groups is 2. The van der Waals surface area contributed by atoms with Crippen LogP contribution in [-0.4, -0.2) is 62.2 Å². The molecule has 0 aromatic heterocycles. The summed E-state index contributed by atoms with van der Waals surface area (Å²) in [6, 6.07) is 24.5. The number of Topliss-reactive ketones (excluding diaryl/α,β-unsaturated/α-hetero) is 1. The predicted molar refractivity (Wildman–Crippen MR) is 181 cm³/mol. The molecule has 0 fully saturated rings. The van der Waals surface area contributed by atoms with E-state index in [1.165, 1.54) is 18.1 Å². The Morgan fingerprint density at radius 3 is 1.50 bits per heavy atom. The van der Waals surface area contributed by atoms with E-state index in [1.54, 1.807) is 0 Å². The van der Waals surface area contributed by atoms with E-state index in [0.29, 0.717) is 42.8 Å². The molecule has 0 aliphatic carbocycles. The van der Waals surface area contributed by atoms with Crippen molar-refractivity contribution >= 4 is 35.0 Å². The van der Waals surface area contributed by atoms with Crippen LogP contribution >= 0.6 is 23.2 Å². The second-order valence-electron chi connectivity index (χ2n) is 12.5. The Kier molecular flexibility index (Phi) is 9.62. The summed E-state index contributed by atoms with van der Waals surface area (Å²) in [6.45, 7) is 4.96. The normalized spacial score (nSPS) is 15.8. The summed E-state index contributed by atoms with van der Waals surface area (Å²) in [6.07, 6.45) is -1.70. The Bertz CT molecular complexity index is 1680. The van der Waals surface area contributed by atoms with E-state index >= 15 is 0 Å². The highest BCUT2D eigenvalue weighted by Crippen LogP contribution is 2.43. The second kappa shape index (κ2) is 13.7. The highest BCUT2D eigenvalue weighted by atomic mass is 35.5. The van der Waals surface area contributed by atoms with Gasteiger partial charge in [0.25, 0.3) is 0 Å². The monoisotopic (exact) mass is 658 g/mol. The number of hydrogen-bond donors (Lipinski definition) is 3. The van der Waals surface area contributed by atoms with E-state index in [9.17, 15) is 19.8 Å². The summed E-state index contributed by atoms with van der Waals surface area (Å²) in [5.74, 6) is -1.02. The first-order valence-electron chi connectivity index (χ1n) is 15.4. The molecule has 0 radical (unpaired) electrons. The number of β-amino-alcohol motifs (C(OH)–C–C–N with tert-alkyl or cyclic N) is 2. The smallest absolute Gasteiger partial charge is 0.306 e. The lowest BCUT2D eigenvalue weighted by atomic mass is 9.94. The first-order valence-corrected chi connectivity index (χ1v) is 16.1. The van der Waals surface area contributed by atoms with E-state index < -0.39 is 18.2 Å². The van der Waals surface area contributed by atoms with Gasteiger partial charge in [0.05, 0.1) is 28.7 Å². The van der Waals surface area contributed by atoms with Crippen LogP contribution in [-0.2, 0) is 35.8 Å². The third-order valence-corrected chi connectivity index (χ3v) is 9.58. The quantitative estimate of drug-likeness (QED) is 0.163. The number of hydrogen-bond acceptors (Lipinski definition) is 6. The number of carboxylic acids is 1. The molecule has 0 spiro atoms. The topological polar surface area (TPSA) is 101 Å². The van der Waals surface area contributed by atoms with Gasteiger partial charge in [-0.2, -0.15) is 0 Å². The molecule has 238 valence electrons. The van der Waals surface area contributed by atoms with Gasteiger partial charge in [-0.05, 0) is 52.4 Å². The van der Waals surface area contributed by atoms with Gasteiger partial charge in [-0.25, -0.2) is 0 Å². The molecule has 0 saturated heterocycles. The van der Waals surface area contributed by atoms with E-state index in [0.717, 1.165) is 51.1 Å². The molecular formula is C37H36Cl2N2O5. The fourth-order valence-electron chi connectivity index (χ4n) is 6.71. The van der Waals surface area contributed by atoms with Gasteiger partial charge in [0.15, 0.2) is 0 Å². The predicted octanol–water partition coefficient (Wildman–Crippen LogP) is 6.80. The van der Waals surface area contributed by atoms with Gasteiger partial charge >= 0.3 is 5.97 Å². The largest absolute Gasteiger partial charge is 0.481 e. The van der Waals surface area contributed by atoms with Crippen molar-refractivity contribution in [1.82, 2.24) is 9.80 Å². The van der Waals surface area contributed by atoms with Crippen LogP contribution in [0.3, 0.4) is 0 Å². The molecule has 6 rings (SSSR count). The molecule has 2 atom stereocenters. The van der Waals surface area contributed by atoms with Crippen LogP contribution in [0.15, 0.2) is 72.8 Å². The number of benzene rings is 4. The number of ketones is 1. The molecule has 2 aliphatic heterocycles. The van der Waals surface area contributed by atoms with Gasteiger partial charge in [0, 0.05) is 67.9 Å². The lowest BCUT2D eigenvalue weighted by Gasteiger charge is -2.18. The fraction of sp³-hybridized carbons (Fsp3) is 0.297. The second-order valence-corrected chi connectivity index (χ2v) is 13.2. The Balaban J connectivity index is 1.23. The molecule has 2 aliphatic rings. The zero-order chi connectivity index (χ0) is 32.5. The molecular weight excluding hydrogens is 623 g/mol. The highest BCUT2D eigenvalue weighted by molar-refractivity contribution is 6.39. The highest BCUT2D eigenvalue weighted by Gasteiger charge is 2.25. The maximum atomic E-state index is 11.4. The third-order valence-electron chi connectivity index (χ3n) is 8.77. The van der Waals surface area contributed by atoms with E-state index in [4.69, 9.17) is 28.3 Å². The molecule has 0 amide bonds. The first kappa shape index (κ1) is 32.4. The van der Waals surface area contributed by atoms with E-state index in [-0.39, 0.29) is 18.6 Å². The van der Waals surface area contributed by atoms with Gasteiger partial charge in [0.2, 0.25) is 0 Å². The minimum Gasteiger partial charge on any atom is -0.481 e. The third kappa shape index (κ3) is 7.05. The van der Waals surface area contributed by atoms with E-state index in [1.807, 2.05) is 42.5 Å². The van der Waals surface area contributed by atoms with Crippen LogP contribution in [0, 0.1) is 0 Å². The molecule has 7 nitrogen and oxygen atoms in total. The standard InChI is InChI=1S/C37H36Cl2N2O5/c1-22(42)12-29(43)20-40-16-25-10-8-23(13-27(25)18-40)31-4-2-6-33(36(31)38)34-7-3-5-32(37(34)39)24-9-11-26-17-41(19-28(26)14-24)21-30(44)15-35(45)46/h2-11,13-14,29-30,43-44H,12,15-21H2,1H3,(H,45,46)/t29-,30-/m0/s1. The van der Waals surface area contributed by atoms with Crippen molar-refractivity contribution in [1.29, 1.82) is 0 Å². The zero-order valence-corrected chi connectivity index (χ0v) is 27.1. The SMILES string of the molecule is CC(=O)C[C@H](O)CN1Cc2ccc(-c3cccc(-c4cccc(-c5ccc6c(c5)CN(C[C@@H](O)CC(=O)O)C6)c4Cl)c3Cl)cc2C1. The summed E-state index contributed by atoms with van der Waals surface area (Å²) in [4.78, 5) is 26.6. The average Bonchev–Trinajstić information content (AvgIpc) is 3.58. The van der Waals surface area contributed by atoms with Crippen molar-refractivity contribution in [3.8, 4) is 33.4 Å². The summed E-state index contributed by atoms with van der Waals surface area (Å²) in [5, 5.41) is 30.6. The number of aliphatic carboxylic acids is 1. The number of carboxylic acid groups (broad SMARTS) is 1. The van der Waals surface area contributed by atoms with Crippen molar-refractivity contribution in [2.45, 2.75) is 58.2 Å². The van der Waals surface area contributed by atoms with Crippen molar-refractivity contribution in [3.63, 3.8) is 0 Å². The fourth-order valence-corrected chi connectivity index (χ4v) is 7.38. The van der Waals surface area contributed by atoms with Gasteiger partial charge in [-0.1, -0.05) is 83.9 Å². The molecule has 4 aromatic rings. The molecule has 2 heterocycles. The average molecular weight is 660 g/mol. The van der Waals surface area contributed by atoms with Gasteiger partial charge < -0.3 is 15.3 Å². The van der Waals surface area contributed by atoms with Crippen LogP contribution in [0.2, 0.25) is 10.0 Å². The minimum absolute atomic E-state index is 0.0153.